The second-order valence-corrected chi connectivity index (χ2v) is 6.46. The van der Waals surface area contributed by atoms with Gasteiger partial charge in [-0.3, -0.25) is 0 Å². The zero-order valence-electron chi connectivity index (χ0n) is 12.9. The summed E-state index contributed by atoms with van der Waals surface area (Å²) in [5.74, 6) is -0.869. The molecule has 2 rings (SSSR count). The molecule has 0 atom stereocenters. The van der Waals surface area contributed by atoms with Crippen molar-refractivity contribution in [2.45, 2.75) is 39.0 Å². The van der Waals surface area contributed by atoms with E-state index in [-0.39, 0.29) is 5.41 Å². The van der Waals surface area contributed by atoms with Gasteiger partial charge in [-0.25, -0.2) is 4.79 Å². The summed E-state index contributed by atoms with van der Waals surface area (Å²) in [7, 11) is 0. The summed E-state index contributed by atoms with van der Waals surface area (Å²) >= 11 is 0. The minimum absolute atomic E-state index is 0.152. The van der Waals surface area contributed by atoms with E-state index in [2.05, 4.69) is 45.0 Å². The lowest BCUT2D eigenvalue weighted by atomic mass is 9.85. The monoisotopic (exact) mass is 282 g/mol. The average Bonchev–Trinajstić information content (AvgIpc) is 2.45. The number of aryl methyl sites for hydroxylation is 2. The fraction of sp³-hybridized carbons (Fsp3) is 0.316. The van der Waals surface area contributed by atoms with Crippen LogP contribution < -0.4 is 0 Å². The summed E-state index contributed by atoms with van der Waals surface area (Å²) in [4.78, 5) is 11.0. The molecule has 0 heterocycles. The second-order valence-electron chi connectivity index (χ2n) is 6.46. The predicted molar refractivity (Wildman–Crippen MR) is 86.0 cm³/mol. The fourth-order valence-electron chi connectivity index (χ4n) is 2.34. The van der Waals surface area contributed by atoms with Crippen LogP contribution in [0.4, 0.5) is 0 Å². The highest BCUT2D eigenvalue weighted by atomic mass is 16.4. The molecule has 2 aromatic carbocycles. The van der Waals surface area contributed by atoms with Crippen molar-refractivity contribution in [2.75, 3.05) is 0 Å². The van der Waals surface area contributed by atoms with Crippen LogP contribution in [0.2, 0.25) is 0 Å². The molecule has 0 radical (unpaired) electrons. The lowest BCUT2D eigenvalue weighted by molar-refractivity contribution is 0.0696. The first-order valence-electron chi connectivity index (χ1n) is 7.28. The summed E-state index contributed by atoms with van der Waals surface area (Å²) in [6.45, 7) is 6.63. The van der Waals surface area contributed by atoms with E-state index in [0.29, 0.717) is 5.56 Å². The normalized spacial score (nSPS) is 11.4. The highest BCUT2D eigenvalue weighted by Gasteiger charge is 2.13. The Bertz CT molecular complexity index is 636. The summed E-state index contributed by atoms with van der Waals surface area (Å²) in [5, 5.41) is 9.02. The lowest BCUT2D eigenvalue weighted by Gasteiger charge is -2.19. The van der Waals surface area contributed by atoms with E-state index in [1.807, 2.05) is 12.1 Å². The predicted octanol–water partition coefficient (Wildman–Crippen LogP) is 4.47. The lowest BCUT2D eigenvalue weighted by Crippen LogP contribution is -2.11. The molecule has 0 amide bonds. The average molecular weight is 282 g/mol. The highest BCUT2D eigenvalue weighted by molar-refractivity contribution is 5.87. The third-order valence-electron chi connectivity index (χ3n) is 3.67. The van der Waals surface area contributed by atoms with Gasteiger partial charge in [-0.2, -0.15) is 0 Å². The number of carboxylic acids is 1. The molecule has 2 aromatic rings. The van der Waals surface area contributed by atoms with Gasteiger partial charge < -0.3 is 5.11 Å². The highest BCUT2D eigenvalue weighted by Crippen LogP contribution is 2.23. The Morgan fingerprint density at radius 3 is 2.10 bits per heavy atom. The minimum Gasteiger partial charge on any atom is -0.478 e. The third kappa shape index (κ3) is 4.19. The van der Waals surface area contributed by atoms with Gasteiger partial charge in [0.05, 0.1) is 5.56 Å². The molecule has 0 saturated heterocycles. The van der Waals surface area contributed by atoms with Crippen molar-refractivity contribution in [3.63, 3.8) is 0 Å². The summed E-state index contributed by atoms with van der Waals surface area (Å²) in [5.41, 5.74) is 4.20. The topological polar surface area (TPSA) is 37.3 Å². The van der Waals surface area contributed by atoms with Crippen molar-refractivity contribution in [1.29, 1.82) is 0 Å². The Balaban J connectivity index is 2.10. The third-order valence-corrected chi connectivity index (χ3v) is 3.67. The quantitative estimate of drug-likeness (QED) is 0.898. The van der Waals surface area contributed by atoms with E-state index >= 15 is 0 Å². The summed E-state index contributed by atoms with van der Waals surface area (Å²) < 4.78 is 0. The van der Waals surface area contributed by atoms with Crippen LogP contribution in [0.5, 0.6) is 0 Å². The van der Waals surface area contributed by atoms with Crippen molar-refractivity contribution in [3.8, 4) is 0 Å². The first-order chi connectivity index (χ1) is 9.86. The molecule has 0 bridgehead atoms. The zero-order valence-corrected chi connectivity index (χ0v) is 12.9. The van der Waals surface area contributed by atoms with Gasteiger partial charge in [-0.15, -0.1) is 0 Å². The number of hydrogen-bond donors (Lipinski definition) is 1. The van der Waals surface area contributed by atoms with E-state index in [9.17, 15) is 4.79 Å². The van der Waals surface area contributed by atoms with Gasteiger partial charge in [0.1, 0.15) is 0 Å². The molecule has 0 aromatic heterocycles. The molecule has 0 spiro atoms. The van der Waals surface area contributed by atoms with Crippen molar-refractivity contribution in [3.05, 3.63) is 70.8 Å². The molecule has 110 valence electrons. The SMILES string of the molecule is CC(C)(C)c1cccc(CCc2cccc(C(=O)O)c2)c1. The van der Waals surface area contributed by atoms with Gasteiger partial charge in [0, 0.05) is 0 Å². The van der Waals surface area contributed by atoms with Gasteiger partial charge in [0.25, 0.3) is 0 Å². The number of benzene rings is 2. The molecule has 0 unspecified atom stereocenters. The van der Waals surface area contributed by atoms with Crippen LogP contribution in [0.25, 0.3) is 0 Å². The zero-order chi connectivity index (χ0) is 15.5. The summed E-state index contributed by atoms with van der Waals surface area (Å²) in [6.07, 6.45) is 1.78. The number of carboxylic acid groups (broad SMARTS) is 1. The molecule has 2 nitrogen and oxygen atoms in total. The maximum Gasteiger partial charge on any atom is 0.335 e. The van der Waals surface area contributed by atoms with Gasteiger partial charge in [-0.1, -0.05) is 57.2 Å². The largest absolute Gasteiger partial charge is 0.478 e. The minimum atomic E-state index is -0.869. The van der Waals surface area contributed by atoms with Crippen molar-refractivity contribution in [2.24, 2.45) is 0 Å². The van der Waals surface area contributed by atoms with Gasteiger partial charge in [-0.05, 0) is 47.1 Å². The molecule has 0 fully saturated rings. The van der Waals surface area contributed by atoms with Crippen LogP contribution in [0.3, 0.4) is 0 Å². The van der Waals surface area contributed by atoms with Crippen LogP contribution in [-0.4, -0.2) is 11.1 Å². The van der Waals surface area contributed by atoms with Gasteiger partial charge in [0.15, 0.2) is 0 Å². The Morgan fingerprint density at radius 2 is 1.52 bits per heavy atom. The number of hydrogen-bond acceptors (Lipinski definition) is 1. The number of carbonyl (C=O) groups is 1. The fourth-order valence-corrected chi connectivity index (χ4v) is 2.34. The van der Waals surface area contributed by atoms with Gasteiger partial charge in [0.2, 0.25) is 0 Å². The standard InChI is InChI=1S/C19H22O2/c1-19(2,3)17-9-5-7-15(13-17)11-10-14-6-4-8-16(12-14)18(20)21/h4-9,12-13H,10-11H2,1-3H3,(H,20,21). The molecule has 2 heteroatoms. The Hall–Kier alpha value is -2.09. The molecule has 0 aliphatic rings. The van der Waals surface area contributed by atoms with Crippen molar-refractivity contribution >= 4 is 5.97 Å². The number of rotatable bonds is 4. The van der Waals surface area contributed by atoms with E-state index in [1.165, 1.54) is 11.1 Å². The Kier molecular flexibility index (Phi) is 4.46. The summed E-state index contributed by atoms with van der Waals surface area (Å²) in [6, 6.07) is 15.8. The van der Waals surface area contributed by atoms with Crippen LogP contribution in [0, 0.1) is 0 Å². The molecule has 0 aliphatic carbocycles. The van der Waals surface area contributed by atoms with Gasteiger partial charge >= 0.3 is 5.97 Å². The van der Waals surface area contributed by atoms with E-state index in [0.717, 1.165) is 18.4 Å². The smallest absolute Gasteiger partial charge is 0.335 e. The molecular formula is C19H22O2. The molecule has 0 aliphatic heterocycles. The van der Waals surface area contributed by atoms with Crippen LogP contribution >= 0.6 is 0 Å². The first kappa shape index (κ1) is 15.3. The van der Waals surface area contributed by atoms with E-state index in [1.54, 1.807) is 12.1 Å². The second kappa shape index (κ2) is 6.13. The van der Waals surface area contributed by atoms with Crippen molar-refractivity contribution in [1.82, 2.24) is 0 Å². The van der Waals surface area contributed by atoms with Crippen molar-refractivity contribution < 1.29 is 9.90 Å². The first-order valence-corrected chi connectivity index (χ1v) is 7.28. The van der Waals surface area contributed by atoms with E-state index in [4.69, 9.17) is 5.11 Å². The van der Waals surface area contributed by atoms with Crippen LogP contribution in [-0.2, 0) is 18.3 Å². The molecule has 21 heavy (non-hydrogen) atoms. The maximum atomic E-state index is 11.0. The maximum absolute atomic E-state index is 11.0. The Labute approximate surface area is 126 Å². The molecule has 0 saturated carbocycles. The Morgan fingerprint density at radius 1 is 0.952 bits per heavy atom. The molecule has 1 N–H and O–H groups in total. The number of aromatic carboxylic acids is 1. The van der Waals surface area contributed by atoms with E-state index < -0.39 is 5.97 Å². The molecular weight excluding hydrogens is 260 g/mol. The van der Waals surface area contributed by atoms with Crippen LogP contribution in [0.15, 0.2) is 48.5 Å². The van der Waals surface area contributed by atoms with Crippen LogP contribution in [0.1, 0.15) is 47.8 Å².